The molecule has 0 radical (unpaired) electrons. The predicted molar refractivity (Wildman–Crippen MR) is 143 cm³/mol. The molecular formula is C32H42F2O. The molecule has 4 rings (SSSR count). The van der Waals surface area contributed by atoms with E-state index in [-0.39, 0.29) is 11.3 Å². The Bertz CT molecular complexity index is 994. The molecule has 2 aliphatic carbocycles. The summed E-state index contributed by atoms with van der Waals surface area (Å²) in [6.07, 6.45) is 21.2. The maximum Gasteiger partial charge on any atom is 0.167 e. The number of halogens is 2. The van der Waals surface area contributed by atoms with Crippen LogP contribution in [0.3, 0.4) is 0 Å². The summed E-state index contributed by atoms with van der Waals surface area (Å²) < 4.78 is 35.6. The zero-order chi connectivity index (χ0) is 24.6. The Balaban J connectivity index is 1.28. The van der Waals surface area contributed by atoms with E-state index in [2.05, 4.69) is 25.7 Å². The molecule has 3 heteroatoms. The molecule has 1 nitrogen and oxygen atoms in total. The van der Waals surface area contributed by atoms with Crippen LogP contribution < -0.4 is 4.74 Å². The Morgan fingerprint density at radius 1 is 0.914 bits per heavy atom. The van der Waals surface area contributed by atoms with Crippen LogP contribution in [0.2, 0.25) is 0 Å². The molecule has 2 aliphatic rings. The van der Waals surface area contributed by atoms with Gasteiger partial charge in [0.1, 0.15) is 12.4 Å². The molecule has 2 aromatic rings. The predicted octanol–water partition coefficient (Wildman–Crippen LogP) is 9.90. The van der Waals surface area contributed by atoms with E-state index in [9.17, 15) is 4.39 Å². The third kappa shape index (κ3) is 6.74. The average molecular weight is 481 g/mol. The fourth-order valence-electron chi connectivity index (χ4n) is 6.23. The van der Waals surface area contributed by atoms with Gasteiger partial charge < -0.3 is 4.74 Å². The van der Waals surface area contributed by atoms with Crippen molar-refractivity contribution in [3.63, 3.8) is 0 Å². The SMILES string of the molecule is C=CCOc1ccc2cc(C3CCC(CCC4CCC(/C=C/CCC)CC4)CC3)c(F)c(F)c2c1. The maximum absolute atomic E-state index is 15.1. The van der Waals surface area contributed by atoms with Gasteiger partial charge in [0.25, 0.3) is 0 Å². The summed E-state index contributed by atoms with van der Waals surface area (Å²) in [5.74, 6) is 1.66. The summed E-state index contributed by atoms with van der Waals surface area (Å²) in [5, 5.41) is 1.03. The van der Waals surface area contributed by atoms with Gasteiger partial charge in [-0.25, -0.2) is 8.78 Å². The van der Waals surface area contributed by atoms with E-state index < -0.39 is 11.6 Å². The zero-order valence-corrected chi connectivity index (χ0v) is 21.4. The van der Waals surface area contributed by atoms with Gasteiger partial charge in [0.15, 0.2) is 11.6 Å². The van der Waals surface area contributed by atoms with Crippen molar-refractivity contribution in [2.45, 2.75) is 89.9 Å². The standard InChI is InChI=1S/C32H42F2O/c1-3-5-6-7-23-8-10-24(11-9-23)12-13-25-14-16-26(17-15-25)29-21-27-18-19-28(35-20-4-2)22-30(27)32(34)31(29)33/h4,6-7,18-19,21-26H,2-3,5,8-17,20H2,1H3/b7-6+. The van der Waals surface area contributed by atoms with Crippen LogP contribution in [0.15, 0.2) is 49.1 Å². The molecule has 0 heterocycles. The number of ether oxygens (including phenoxy) is 1. The summed E-state index contributed by atoms with van der Waals surface area (Å²) in [6, 6.07) is 7.11. The topological polar surface area (TPSA) is 9.23 Å². The van der Waals surface area contributed by atoms with Gasteiger partial charge in [0.2, 0.25) is 0 Å². The molecule has 0 saturated heterocycles. The van der Waals surface area contributed by atoms with Gasteiger partial charge >= 0.3 is 0 Å². The van der Waals surface area contributed by atoms with Crippen molar-refractivity contribution >= 4 is 10.8 Å². The molecule has 0 aromatic heterocycles. The van der Waals surface area contributed by atoms with Gasteiger partial charge in [-0.3, -0.25) is 0 Å². The molecule has 0 N–H and O–H groups in total. The van der Waals surface area contributed by atoms with E-state index in [0.29, 0.717) is 17.9 Å². The van der Waals surface area contributed by atoms with Crippen LogP contribution in [-0.4, -0.2) is 6.61 Å². The van der Waals surface area contributed by atoms with Crippen LogP contribution in [0.5, 0.6) is 5.75 Å². The quantitative estimate of drug-likeness (QED) is 0.307. The number of hydrogen-bond donors (Lipinski definition) is 0. The summed E-state index contributed by atoms with van der Waals surface area (Å²) in [7, 11) is 0. The van der Waals surface area contributed by atoms with E-state index >= 15 is 4.39 Å². The third-order valence-electron chi connectivity index (χ3n) is 8.41. The van der Waals surface area contributed by atoms with Gasteiger partial charge in [-0.2, -0.15) is 0 Å². The highest BCUT2D eigenvalue weighted by Crippen LogP contribution is 2.42. The first-order chi connectivity index (χ1) is 17.1. The minimum atomic E-state index is -0.746. The Hall–Kier alpha value is -2.16. The first-order valence-electron chi connectivity index (χ1n) is 13.9. The van der Waals surface area contributed by atoms with E-state index in [4.69, 9.17) is 4.74 Å². The van der Waals surface area contributed by atoms with Crippen molar-refractivity contribution in [2.75, 3.05) is 6.61 Å². The van der Waals surface area contributed by atoms with Crippen LogP contribution in [0.4, 0.5) is 8.78 Å². The second kappa shape index (κ2) is 12.7. The van der Waals surface area contributed by atoms with Crippen LogP contribution >= 0.6 is 0 Å². The minimum absolute atomic E-state index is 0.118. The smallest absolute Gasteiger partial charge is 0.167 e. The molecule has 35 heavy (non-hydrogen) atoms. The van der Waals surface area contributed by atoms with Crippen molar-refractivity contribution in [1.82, 2.24) is 0 Å². The average Bonchev–Trinajstić information content (AvgIpc) is 2.89. The first kappa shape index (κ1) is 25.9. The number of allylic oxidation sites excluding steroid dienone is 2. The minimum Gasteiger partial charge on any atom is -0.490 e. The first-order valence-corrected chi connectivity index (χ1v) is 13.9. The summed E-state index contributed by atoms with van der Waals surface area (Å²) in [6.45, 7) is 6.21. The van der Waals surface area contributed by atoms with E-state index in [1.54, 1.807) is 12.1 Å². The molecule has 0 spiro atoms. The highest BCUT2D eigenvalue weighted by atomic mass is 19.2. The third-order valence-corrected chi connectivity index (χ3v) is 8.41. The zero-order valence-electron chi connectivity index (χ0n) is 21.4. The van der Waals surface area contributed by atoms with Crippen molar-refractivity contribution in [1.29, 1.82) is 0 Å². The largest absolute Gasteiger partial charge is 0.490 e. The molecule has 0 amide bonds. The lowest BCUT2D eigenvalue weighted by molar-refractivity contribution is 0.245. The van der Waals surface area contributed by atoms with Gasteiger partial charge in [0, 0.05) is 5.39 Å². The van der Waals surface area contributed by atoms with Crippen LogP contribution in [0.1, 0.15) is 95.5 Å². The van der Waals surface area contributed by atoms with Crippen LogP contribution in [0, 0.1) is 29.4 Å². The molecular weight excluding hydrogens is 438 g/mol. The van der Waals surface area contributed by atoms with Gasteiger partial charge in [0.05, 0.1) is 0 Å². The molecule has 2 saturated carbocycles. The molecule has 0 atom stereocenters. The highest BCUT2D eigenvalue weighted by Gasteiger charge is 2.28. The van der Waals surface area contributed by atoms with Gasteiger partial charge in [-0.1, -0.05) is 57.1 Å². The molecule has 0 bridgehead atoms. The van der Waals surface area contributed by atoms with Crippen molar-refractivity contribution in [3.05, 3.63) is 66.3 Å². The Morgan fingerprint density at radius 2 is 1.60 bits per heavy atom. The lowest BCUT2D eigenvalue weighted by Crippen LogP contribution is -2.18. The number of rotatable bonds is 10. The van der Waals surface area contributed by atoms with E-state index in [0.717, 1.165) is 48.8 Å². The molecule has 0 unspecified atom stereocenters. The monoisotopic (exact) mass is 480 g/mol. The Morgan fingerprint density at radius 3 is 2.26 bits per heavy atom. The second-order valence-electron chi connectivity index (χ2n) is 10.9. The van der Waals surface area contributed by atoms with Crippen LogP contribution in [0.25, 0.3) is 10.8 Å². The Kier molecular flexibility index (Phi) is 9.40. The summed E-state index contributed by atoms with van der Waals surface area (Å²) in [5.41, 5.74) is 0.558. The molecule has 190 valence electrons. The van der Waals surface area contributed by atoms with Crippen molar-refractivity contribution in [2.24, 2.45) is 17.8 Å². The molecule has 0 aliphatic heterocycles. The number of benzene rings is 2. The maximum atomic E-state index is 15.1. The normalized spacial score (nSPS) is 25.2. The number of hydrogen-bond acceptors (Lipinski definition) is 1. The fraction of sp³-hybridized carbons (Fsp3) is 0.562. The van der Waals surface area contributed by atoms with Gasteiger partial charge in [-0.05, 0) is 111 Å². The second-order valence-corrected chi connectivity index (χ2v) is 10.9. The van der Waals surface area contributed by atoms with Crippen molar-refractivity contribution < 1.29 is 13.5 Å². The van der Waals surface area contributed by atoms with E-state index in [1.807, 2.05) is 18.2 Å². The summed E-state index contributed by atoms with van der Waals surface area (Å²) in [4.78, 5) is 0. The van der Waals surface area contributed by atoms with Crippen LogP contribution in [-0.2, 0) is 0 Å². The number of unbranched alkanes of at least 4 members (excludes halogenated alkanes) is 1. The number of fused-ring (bicyclic) bond motifs is 1. The van der Waals surface area contributed by atoms with Crippen molar-refractivity contribution in [3.8, 4) is 5.75 Å². The van der Waals surface area contributed by atoms with Gasteiger partial charge in [-0.15, -0.1) is 0 Å². The van der Waals surface area contributed by atoms with E-state index in [1.165, 1.54) is 51.4 Å². The summed E-state index contributed by atoms with van der Waals surface area (Å²) >= 11 is 0. The lowest BCUT2D eigenvalue weighted by atomic mass is 9.74. The lowest BCUT2D eigenvalue weighted by Gasteiger charge is -2.32. The molecule has 2 aromatic carbocycles. The Labute approximate surface area is 210 Å². The molecule has 2 fully saturated rings. The fourth-order valence-corrected chi connectivity index (χ4v) is 6.23. The highest BCUT2D eigenvalue weighted by molar-refractivity contribution is 5.85.